The quantitative estimate of drug-likeness (QED) is 0.311. The average molecular weight is 544 g/mol. The molecule has 0 bridgehead atoms. The van der Waals surface area contributed by atoms with Gasteiger partial charge >= 0.3 is 0 Å². The fourth-order valence-corrected chi connectivity index (χ4v) is 5.44. The minimum atomic E-state index is -0.359. The first-order chi connectivity index (χ1) is 18.4. The van der Waals surface area contributed by atoms with E-state index in [1.165, 1.54) is 11.3 Å². The number of carbonyl (C=O) groups is 2. The fraction of sp³-hybridized carbons (Fsp3) is 0.519. The number of nitrogens with one attached hydrogen (secondary N) is 2. The van der Waals surface area contributed by atoms with Gasteiger partial charge in [-0.05, 0) is 31.0 Å². The molecule has 2 aliphatic heterocycles. The van der Waals surface area contributed by atoms with Crippen molar-refractivity contribution in [2.45, 2.75) is 31.5 Å². The molecule has 11 heteroatoms. The zero-order valence-corrected chi connectivity index (χ0v) is 23.1. The van der Waals surface area contributed by atoms with Crippen LogP contribution < -0.4 is 15.5 Å². The molecule has 1 atom stereocenters. The largest absolute Gasteiger partial charge is 0.383 e. The predicted molar refractivity (Wildman–Crippen MR) is 148 cm³/mol. The maximum absolute atomic E-state index is 13.1. The smallest absolute Gasteiger partial charge is 0.275 e. The van der Waals surface area contributed by atoms with Crippen LogP contribution in [-0.2, 0) is 20.8 Å². The van der Waals surface area contributed by atoms with Crippen molar-refractivity contribution in [3.05, 3.63) is 53.1 Å². The standard InChI is InChI=1S/C27H37N5O5S/c1-5-8-27(2)18-37-12-10-32(27)14-19-6-7-22(21(13-19)24(33)28-9-11-35-3)29-25(34)23-17-38-26(30-23)31-15-20(16-31)36-4/h5-7,13,17,20H,1,8-12,14-16,18H2,2-4H3,(H,28,33)(H,29,34). The van der Waals surface area contributed by atoms with Crippen LogP contribution in [0.2, 0.25) is 0 Å². The number of benzene rings is 1. The molecule has 0 aliphatic carbocycles. The van der Waals surface area contributed by atoms with Crippen LogP contribution in [0, 0.1) is 0 Å². The van der Waals surface area contributed by atoms with Gasteiger partial charge in [-0.2, -0.15) is 0 Å². The Hall–Kier alpha value is -2.83. The van der Waals surface area contributed by atoms with E-state index in [-0.39, 0.29) is 23.5 Å². The van der Waals surface area contributed by atoms with Gasteiger partial charge in [0, 0.05) is 57.9 Å². The molecule has 2 aromatic rings. The summed E-state index contributed by atoms with van der Waals surface area (Å²) in [4.78, 5) is 35.1. The van der Waals surface area contributed by atoms with Crippen LogP contribution in [0.4, 0.5) is 10.8 Å². The molecule has 38 heavy (non-hydrogen) atoms. The molecule has 0 saturated carbocycles. The average Bonchev–Trinajstić information content (AvgIpc) is 3.36. The molecular weight excluding hydrogens is 506 g/mol. The number of hydrogen-bond donors (Lipinski definition) is 2. The number of anilines is 2. The lowest BCUT2D eigenvalue weighted by atomic mass is 9.94. The number of hydrogen-bond acceptors (Lipinski definition) is 9. The van der Waals surface area contributed by atoms with Crippen molar-refractivity contribution in [2.24, 2.45) is 0 Å². The van der Waals surface area contributed by atoms with Gasteiger partial charge in [0.05, 0.1) is 37.2 Å². The third-order valence-electron chi connectivity index (χ3n) is 6.98. The second-order valence-electron chi connectivity index (χ2n) is 9.82. The van der Waals surface area contributed by atoms with Crippen LogP contribution in [0.5, 0.6) is 0 Å². The molecule has 1 aromatic carbocycles. The zero-order valence-electron chi connectivity index (χ0n) is 22.3. The summed E-state index contributed by atoms with van der Waals surface area (Å²) >= 11 is 1.42. The van der Waals surface area contributed by atoms with E-state index in [1.807, 2.05) is 18.2 Å². The van der Waals surface area contributed by atoms with Crippen molar-refractivity contribution in [1.29, 1.82) is 0 Å². The molecule has 2 fully saturated rings. The maximum atomic E-state index is 13.1. The molecule has 0 radical (unpaired) electrons. The highest BCUT2D eigenvalue weighted by Gasteiger charge is 2.34. The molecular formula is C27H37N5O5S. The molecule has 1 aromatic heterocycles. The van der Waals surface area contributed by atoms with Gasteiger partial charge < -0.3 is 29.7 Å². The van der Waals surface area contributed by atoms with E-state index in [2.05, 4.69) is 38.9 Å². The molecule has 2 N–H and O–H groups in total. The lowest BCUT2D eigenvalue weighted by molar-refractivity contribution is -0.0630. The summed E-state index contributed by atoms with van der Waals surface area (Å²) in [6, 6.07) is 5.58. The lowest BCUT2D eigenvalue weighted by Crippen LogP contribution is -2.54. The van der Waals surface area contributed by atoms with Crippen molar-refractivity contribution >= 4 is 34.0 Å². The van der Waals surface area contributed by atoms with Crippen LogP contribution in [0.3, 0.4) is 0 Å². The summed E-state index contributed by atoms with van der Waals surface area (Å²) in [6.45, 7) is 11.1. The molecule has 2 amide bonds. The van der Waals surface area contributed by atoms with Gasteiger partial charge in [-0.1, -0.05) is 12.1 Å². The predicted octanol–water partition coefficient (Wildman–Crippen LogP) is 2.77. The molecule has 1 unspecified atom stereocenters. The van der Waals surface area contributed by atoms with Crippen LogP contribution in [0.15, 0.2) is 36.2 Å². The van der Waals surface area contributed by atoms with Crippen LogP contribution >= 0.6 is 11.3 Å². The number of morpholine rings is 1. The number of amides is 2. The second kappa shape index (κ2) is 12.8. The monoisotopic (exact) mass is 543 g/mol. The van der Waals surface area contributed by atoms with E-state index < -0.39 is 0 Å². The molecule has 10 nitrogen and oxygen atoms in total. The van der Waals surface area contributed by atoms with Crippen molar-refractivity contribution in [3.8, 4) is 0 Å². The minimum Gasteiger partial charge on any atom is -0.383 e. The fourth-order valence-electron chi connectivity index (χ4n) is 4.61. The van der Waals surface area contributed by atoms with E-state index in [9.17, 15) is 9.59 Å². The number of aromatic nitrogens is 1. The second-order valence-corrected chi connectivity index (χ2v) is 10.7. The summed E-state index contributed by atoms with van der Waals surface area (Å²) in [5.74, 6) is -0.637. The van der Waals surface area contributed by atoms with Crippen molar-refractivity contribution in [2.75, 3.05) is 70.4 Å². The molecule has 2 aliphatic rings. The van der Waals surface area contributed by atoms with Gasteiger partial charge in [0.1, 0.15) is 5.69 Å². The van der Waals surface area contributed by atoms with E-state index >= 15 is 0 Å². The summed E-state index contributed by atoms with van der Waals surface area (Å²) in [5.41, 5.74) is 1.94. The normalized spacial score (nSPS) is 20.1. The van der Waals surface area contributed by atoms with Gasteiger partial charge in [-0.25, -0.2) is 4.98 Å². The Morgan fingerprint density at radius 2 is 2.13 bits per heavy atom. The summed E-state index contributed by atoms with van der Waals surface area (Å²) in [7, 11) is 3.27. The number of methoxy groups -OCH3 is 2. The maximum Gasteiger partial charge on any atom is 0.275 e. The first kappa shape index (κ1) is 28.2. The third kappa shape index (κ3) is 6.59. The van der Waals surface area contributed by atoms with Gasteiger partial charge in [-0.3, -0.25) is 14.5 Å². The Labute approximate surface area is 227 Å². The summed E-state index contributed by atoms with van der Waals surface area (Å²) in [5, 5.41) is 8.28. The Morgan fingerprint density at radius 1 is 1.32 bits per heavy atom. The topological polar surface area (TPSA) is 105 Å². The Morgan fingerprint density at radius 3 is 2.87 bits per heavy atom. The van der Waals surface area contributed by atoms with Crippen LogP contribution in [0.1, 0.15) is 39.8 Å². The van der Waals surface area contributed by atoms with Crippen molar-refractivity contribution in [1.82, 2.24) is 15.2 Å². The first-order valence-electron chi connectivity index (χ1n) is 12.7. The van der Waals surface area contributed by atoms with Crippen molar-refractivity contribution < 1.29 is 23.8 Å². The van der Waals surface area contributed by atoms with E-state index in [0.717, 1.165) is 36.8 Å². The van der Waals surface area contributed by atoms with Crippen LogP contribution in [0.25, 0.3) is 0 Å². The number of nitrogens with zero attached hydrogens (tertiary/aromatic N) is 3. The number of ether oxygens (including phenoxy) is 3. The number of thiazole rings is 1. The first-order valence-corrected chi connectivity index (χ1v) is 13.6. The summed E-state index contributed by atoms with van der Waals surface area (Å²) < 4.78 is 16.1. The Balaban J connectivity index is 1.51. The van der Waals surface area contributed by atoms with Crippen LogP contribution in [-0.4, -0.2) is 93.6 Å². The third-order valence-corrected chi connectivity index (χ3v) is 7.89. The number of carbonyl (C=O) groups excluding carboxylic acids is 2. The lowest BCUT2D eigenvalue weighted by Gasteiger charge is -2.44. The molecule has 206 valence electrons. The summed E-state index contributed by atoms with van der Waals surface area (Å²) in [6.07, 6.45) is 2.91. The zero-order chi connectivity index (χ0) is 27.1. The molecule has 0 spiro atoms. The highest BCUT2D eigenvalue weighted by Crippen LogP contribution is 2.29. The highest BCUT2D eigenvalue weighted by atomic mass is 32.1. The Kier molecular flexibility index (Phi) is 9.50. The van der Waals surface area contributed by atoms with Gasteiger partial charge in [-0.15, -0.1) is 17.9 Å². The van der Waals surface area contributed by atoms with E-state index in [4.69, 9.17) is 14.2 Å². The van der Waals surface area contributed by atoms with Crippen molar-refractivity contribution in [3.63, 3.8) is 0 Å². The van der Waals surface area contributed by atoms with E-state index in [0.29, 0.717) is 49.9 Å². The number of rotatable bonds is 12. The highest BCUT2D eigenvalue weighted by molar-refractivity contribution is 7.14. The SMILES string of the molecule is C=CCC1(C)COCCN1Cc1ccc(NC(=O)c2csc(N3CC(OC)C3)n2)c(C(=O)NCCOC)c1. The Bertz CT molecular complexity index is 1130. The minimum absolute atomic E-state index is 0.171. The van der Waals surface area contributed by atoms with E-state index in [1.54, 1.807) is 25.7 Å². The van der Waals surface area contributed by atoms with Gasteiger partial charge in [0.25, 0.3) is 11.8 Å². The van der Waals surface area contributed by atoms with Gasteiger partial charge in [0.15, 0.2) is 5.13 Å². The molecule has 4 rings (SSSR count). The molecule has 3 heterocycles. The molecule has 2 saturated heterocycles. The van der Waals surface area contributed by atoms with Gasteiger partial charge in [0.2, 0.25) is 0 Å².